The van der Waals surface area contributed by atoms with Crippen molar-refractivity contribution in [1.29, 1.82) is 0 Å². The van der Waals surface area contributed by atoms with Gasteiger partial charge in [0.15, 0.2) is 0 Å². The van der Waals surface area contributed by atoms with Crippen LogP contribution in [0.2, 0.25) is 0 Å². The highest BCUT2D eigenvalue weighted by molar-refractivity contribution is 5.94. The smallest absolute Gasteiger partial charge is 0.0717 e. The number of nitrogens with zero attached hydrogens (tertiary/aromatic N) is 3. The second-order valence-electron chi connectivity index (χ2n) is 10.1. The monoisotopic (exact) mass is 447 g/mol. The molecule has 5 aromatic rings. The average molecular weight is 448 g/mol. The number of fused-ring (bicyclic) bond motifs is 12. The number of rotatable bonds is 0. The third-order valence-corrected chi connectivity index (χ3v) is 8.47. The Labute approximate surface area is 203 Å². The molecule has 3 heteroatoms. The summed E-state index contributed by atoms with van der Waals surface area (Å²) in [6.07, 6.45) is 7.69. The molecule has 0 N–H and O–H groups in total. The third kappa shape index (κ3) is 2.21. The third-order valence-electron chi connectivity index (χ3n) is 8.47. The van der Waals surface area contributed by atoms with E-state index in [0.717, 1.165) is 31.4 Å². The molecule has 35 heavy (non-hydrogen) atoms. The van der Waals surface area contributed by atoms with Crippen LogP contribution in [-0.4, -0.2) is 9.97 Å². The largest absolute Gasteiger partial charge is 0.306 e. The summed E-state index contributed by atoms with van der Waals surface area (Å²) in [6, 6.07) is 24.8. The van der Waals surface area contributed by atoms with E-state index < -0.39 is 0 Å². The van der Waals surface area contributed by atoms with E-state index in [9.17, 15) is 0 Å². The van der Waals surface area contributed by atoms with Crippen LogP contribution in [0.1, 0.15) is 44.8 Å². The Hall–Kier alpha value is -4.24. The van der Waals surface area contributed by atoms with Gasteiger partial charge in [0, 0.05) is 25.2 Å². The molecule has 2 aliphatic carbocycles. The lowest BCUT2D eigenvalue weighted by molar-refractivity contribution is 0.928. The highest BCUT2D eigenvalue weighted by Crippen LogP contribution is 2.54. The summed E-state index contributed by atoms with van der Waals surface area (Å²) >= 11 is 0. The number of aromatic nitrogens is 2. The highest BCUT2D eigenvalue weighted by atomic mass is 15.2. The van der Waals surface area contributed by atoms with Gasteiger partial charge < -0.3 is 4.90 Å². The van der Waals surface area contributed by atoms with Gasteiger partial charge >= 0.3 is 0 Å². The van der Waals surface area contributed by atoms with Crippen molar-refractivity contribution in [3.8, 4) is 22.3 Å². The maximum absolute atomic E-state index is 4.88. The first-order chi connectivity index (χ1) is 17.3. The summed E-state index contributed by atoms with van der Waals surface area (Å²) in [5, 5.41) is 0. The van der Waals surface area contributed by atoms with E-state index in [1.165, 1.54) is 78.4 Å². The van der Waals surface area contributed by atoms with E-state index in [2.05, 4.69) is 71.6 Å². The summed E-state index contributed by atoms with van der Waals surface area (Å²) in [6.45, 7) is 0. The molecule has 3 aromatic carbocycles. The molecule has 164 valence electrons. The van der Waals surface area contributed by atoms with Gasteiger partial charge in [-0.2, -0.15) is 0 Å². The highest BCUT2D eigenvalue weighted by Gasteiger charge is 2.36. The van der Waals surface area contributed by atoms with E-state index in [0.29, 0.717) is 0 Å². The van der Waals surface area contributed by atoms with Crippen LogP contribution in [0.5, 0.6) is 0 Å². The van der Waals surface area contributed by atoms with Crippen LogP contribution >= 0.6 is 0 Å². The molecular weight excluding hydrogens is 426 g/mol. The van der Waals surface area contributed by atoms with Crippen LogP contribution in [0.3, 0.4) is 0 Å². The molecule has 0 unspecified atom stereocenters. The number of hydrogen-bond donors (Lipinski definition) is 0. The molecule has 4 aliphatic rings. The molecule has 0 saturated carbocycles. The summed E-state index contributed by atoms with van der Waals surface area (Å²) in [5.74, 6) is 0. The molecule has 2 aliphatic heterocycles. The van der Waals surface area contributed by atoms with Crippen molar-refractivity contribution < 1.29 is 0 Å². The van der Waals surface area contributed by atoms with E-state index in [-0.39, 0.29) is 0 Å². The van der Waals surface area contributed by atoms with Gasteiger partial charge in [-0.15, -0.1) is 0 Å². The summed E-state index contributed by atoms with van der Waals surface area (Å²) in [7, 11) is 0. The van der Waals surface area contributed by atoms with E-state index in [1.807, 2.05) is 12.4 Å². The lowest BCUT2D eigenvalue weighted by atomic mass is 9.87. The van der Waals surface area contributed by atoms with Crippen molar-refractivity contribution >= 4 is 17.1 Å². The van der Waals surface area contributed by atoms with Gasteiger partial charge in [-0.3, -0.25) is 9.97 Å². The van der Waals surface area contributed by atoms with Crippen molar-refractivity contribution in [2.45, 2.75) is 25.7 Å². The Morgan fingerprint density at radius 2 is 1.40 bits per heavy atom. The molecule has 0 saturated heterocycles. The molecular formula is C32H21N3. The second-order valence-corrected chi connectivity index (χ2v) is 10.1. The molecule has 3 nitrogen and oxygen atoms in total. The zero-order chi connectivity index (χ0) is 22.7. The molecule has 4 heterocycles. The van der Waals surface area contributed by atoms with Crippen LogP contribution in [0.4, 0.5) is 17.1 Å². The van der Waals surface area contributed by atoms with Gasteiger partial charge in [0.05, 0.1) is 28.5 Å². The lowest BCUT2D eigenvalue weighted by Crippen LogP contribution is -2.26. The predicted molar refractivity (Wildman–Crippen MR) is 139 cm³/mol. The van der Waals surface area contributed by atoms with Gasteiger partial charge in [0.25, 0.3) is 0 Å². The summed E-state index contributed by atoms with van der Waals surface area (Å²) in [5.41, 5.74) is 20.5. The minimum Gasteiger partial charge on any atom is -0.306 e. The van der Waals surface area contributed by atoms with Crippen molar-refractivity contribution in [3.05, 3.63) is 124 Å². The Bertz CT molecular complexity index is 1760. The SMILES string of the molecule is c1ccc2c(c1)Cc1ccc3c(c1-2)Cc1c-3ccc2c1Cc1nccc3c1N2c1cccnc1C3. The molecule has 0 fully saturated rings. The topological polar surface area (TPSA) is 29.0 Å². The molecule has 0 bridgehead atoms. The first-order valence-corrected chi connectivity index (χ1v) is 12.4. The Kier molecular flexibility index (Phi) is 3.24. The standard InChI is InChI=1S/C32H21N3/c1-2-5-21-18(4-1)14-19-7-8-23-22-9-10-29-25(24(22)16-26(23)31(19)21)17-28-32-20(11-13-34-28)15-27-30(35(29)32)6-3-12-33-27/h1-13H,14-17H2. The molecule has 0 radical (unpaired) electrons. The van der Waals surface area contributed by atoms with Gasteiger partial charge in [-0.25, -0.2) is 0 Å². The lowest BCUT2D eigenvalue weighted by Gasteiger charge is -2.38. The van der Waals surface area contributed by atoms with Gasteiger partial charge in [0.1, 0.15) is 0 Å². The summed E-state index contributed by atoms with van der Waals surface area (Å²) in [4.78, 5) is 12.1. The quantitative estimate of drug-likeness (QED) is 0.253. The zero-order valence-corrected chi connectivity index (χ0v) is 19.2. The summed E-state index contributed by atoms with van der Waals surface area (Å²) < 4.78 is 0. The zero-order valence-electron chi connectivity index (χ0n) is 19.2. The van der Waals surface area contributed by atoms with Crippen molar-refractivity contribution in [2.24, 2.45) is 0 Å². The van der Waals surface area contributed by atoms with Gasteiger partial charge in [0.2, 0.25) is 0 Å². The van der Waals surface area contributed by atoms with Crippen LogP contribution in [0.15, 0.2) is 79.1 Å². The maximum Gasteiger partial charge on any atom is 0.0717 e. The fourth-order valence-corrected chi connectivity index (χ4v) is 7.03. The minimum absolute atomic E-state index is 0.870. The second kappa shape index (κ2) is 6.25. The first-order valence-electron chi connectivity index (χ1n) is 12.4. The molecule has 9 rings (SSSR count). The molecule has 0 atom stereocenters. The van der Waals surface area contributed by atoms with E-state index in [1.54, 1.807) is 0 Å². The first kappa shape index (κ1) is 18.1. The fraction of sp³-hybridized carbons (Fsp3) is 0.125. The fourth-order valence-electron chi connectivity index (χ4n) is 7.03. The average Bonchev–Trinajstić information content (AvgIpc) is 3.47. The van der Waals surface area contributed by atoms with Crippen LogP contribution in [-0.2, 0) is 25.7 Å². The Morgan fingerprint density at radius 3 is 2.40 bits per heavy atom. The number of pyridine rings is 2. The van der Waals surface area contributed by atoms with E-state index in [4.69, 9.17) is 9.97 Å². The molecule has 2 aromatic heterocycles. The van der Waals surface area contributed by atoms with Crippen LogP contribution < -0.4 is 4.90 Å². The van der Waals surface area contributed by atoms with Crippen LogP contribution in [0, 0.1) is 0 Å². The van der Waals surface area contributed by atoms with E-state index >= 15 is 0 Å². The number of hydrogen-bond acceptors (Lipinski definition) is 3. The normalized spacial score (nSPS) is 14.9. The Morgan fingerprint density at radius 1 is 0.514 bits per heavy atom. The minimum atomic E-state index is 0.870. The number of benzene rings is 3. The molecule has 0 spiro atoms. The predicted octanol–water partition coefficient (Wildman–Crippen LogP) is 6.90. The van der Waals surface area contributed by atoms with Crippen molar-refractivity contribution in [3.63, 3.8) is 0 Å². The van der Waals surface area contributed by atoms with Crippen LogP contribution in [0.25, 0.3) is 22.3 Å². The van der Waals surface area contributed by atoms with Crippen molar-refractivity contribution in [2.75, 3.05) is 4.90 Å². The molecule has 0 amide bonds. The van der Waals surface area contributed by atoms with Gasteiger partial charge in [-0.05, 0) is 92.7 Å². The van der Waals surface area contributed by atoms with Crippen molar-refractivity contribution in [1.82, 2.24) is 9.97 Å². The maximum atomic E-state index is 4.88. The Balaban J connectivity index is 1.28. The number of anilines is 3. The van der Waals surface area contributed by atoms with Gasteiger partial charge in [-0.1, -0.05) is 42.5 Å².